The maximum Gasteiger partial charge on any atom is 0.257 e. The highest BCUT2D eigenvalue weighted by molar-refractivity contribution is 5.99. The fraction of sp³-hybridized carbons (Fsp3) is 0.100. The van der Waals surface area contributed by atoms with Crippen molar-refractivity contribution in [3.63, 3.8) is 0 Å². The summed E-state index contributed by atoms with van der Waals surface area (Å²) in [5, 5.41) is 26.6. The molecular weight excluding hydrogens is 210 g/mol. The number of benzene rings is 1. The first-order chi connectivity index (χ1) is 7.74. The van der Waals surface area contributed by atoms with E-state index in [1.165, 1.54) is 6.92 Å². The maximum atomic E-state index is 11.3. The first kappa shape index (κ1) is 10.2. The van der Waals surface area contributed by atoms with Crippen LogP contribution in [0.1, 0.15) is 12.6 Å². The molecule has 0 aliphatic carbocycles. The van der Waals surface area contributed by atoms with Gasteiger partial charge in [0.15, 0.2) is 0 Å². The smallest absolute Gasteiger partial charge is 0.257 e. The quantitative estimate of drug-likeness (QED) is 0.355. The van der Waals surface area contributed by atoms with E-state index in [9.17, 15) is 5.21 Å². The third kappa shape index (κ3) is 1.60. The Labute approximate surface area is 91.0 Å². The van der Waals surface area contributed by atoms with E-state index in [1.54, 1.807) is 12.1 Å². The minimum Gasteiger partial charge on any atom is -0.411 e. The van der Waals surface area contributed by atoms with E-state index >= 15 is 0 Å². The van der Waals surface area contributed by atoms with E-state index in [0.717, 1.165) is 5.56 Å². The predicted octanol–water partition coefficient (Wildman–Crippen LogP) is 1.17. The molecule has 0 saturated carbocycles. The fourth-order valence-electron chi connectivity index (χ4n) is 1.38. The fourth-order valence-corrected chi connectivity index (χ4v) is 1.38. The van der Waals surface area contributed by atoms with Crippen molar-refractivity contribution in [3.8, 4) is 11.3 Å². The SMILES string of the molecule is C/C(=N\O)c1c(-c2ccccc2)no[n+]1[O-]. The molecule has 6 heteroatoms. The summed E-state index contributed by atoms with van der Waals surface area (Å²) < 4.78 is 4.49. The molecule has 0 aliphatic rings. The summed E-state index contributed by atoms with van der Waals surface area (Å²) in [7, 11) is 0. The second-order valence-corrected chi connectivity index (χ2v) is 3.18. The van der Waals surface area contributed by atoms with Crippen molar-refractivity contribution in [1.82, 2.24) is 5.16 Å². The van der Waals surface area contributed by atoms with Crippen LogP contribution in [0, 0.1) is 5.21 Å². The van der Waals surface area contributed by atoms with Crippen molar-refractivity contribution in [3.05, 3.63) is 41.2 Å². The molecule has 2 aromatic rings. The second kappa shape index (κ2) is 4.01. The minimum absolute atomic E-state index is 0.105. The van der Waals surface area contributed by atoms with Gasteiger partial charge in [-0.05, 0) is 11.8 Å². The Bertz CT molecular complexity index is 519. The van der Waals surface area contributed by atoms with Gasteiger partial charge in [-0.1, -0.05) is 35.5 Å². The Morgan fingerprint density at radius 3 is 2.75 bits per heavy atom. The van der Waals surface area contributed by atoms with Gasteiger partial charge in [0.2, 0.25) is 0 Å². The largest absolute Gasteiger partial charge is 0.411 e. The molecule has 82 valence electrons. The zero-order valence-electron chi connectivity index (χ0n) is 8.49. The molecule has 2 rings (SSSR count). The van der Waals surface area contributed by atoms with Gasteiger partial charge in [-0.2, -0.15) is 0 Å². The minimum atomic E-state index is 0.105. The second-order valence-electron chi connectivity index (χ2n) is 3.18. The molecule has 16 heavy (non-hydrogen) atoms. The Morgan fingerprint density at radius 1 is 1.44 bits per heavy atom. The van der Waals surface area contributed by atoms with E-state index in [0.29, 0.717) is 5.69 Å². The van der Waals surface area contributed by atoms with Gasteiger partial charge < -0.3 is 10.4 Å². The van der Waals surface area contributed by atoms with E-state index in [1.807, 2.05) is 18.2 Å². The topological polar surface area (TPSA) is 85.6 Å². The van der Waals surface area contributed by atoms with Gasteiger partial charge in [-0.25, -0.2) is 0 Å². The molecule has 0 bridgehead atoms. The van der Waals surface area contributed by atoms with Crippen LogP contribution in [-0.4, -0.2) is 16.1 Å². The van der Waals surface area contributed by atoms with Crippen LogP contribution in [0.25, 0.3) is 11.3 Å². The first-order valence-electron chi connectivity index (χ1n) is 4.58. The lowest BCUT2D eigenvalue weighted by Gasteiger charge is -1.95. The summed E-state index contributed by atoms with van der Waals surface area (Å²) in [5.74, 6) is 0. The van der Waals surface area contributed by atoms with E-state index in [2.05, 4.69) is 14.9 Å². The van der Waals surface area contributed by atoms with Gasteiger partial charge in [-0.15, -0.1) is 0 Å². The maximum absolute atomic E-state index is 11.3. The summed E-state index contributed by atoms with van der Waals surface area (Å²) in [6, 6.07) is 9.04. The van der Waals surface area contributed by atoms with Gasteiger partial charge in [0.1, 0.15) is 5.71 Å². The van der Waals surface area contributed by atoms with Crippen molar-refractivity contribution in [2.45, 2.75) is 6.92 Å². The van der Waals surface area contributed by atoms with Gasteiger partial charge >= 0.3 is 0 Å². The molecular formula is C10H9N3O3. The third-order valence-corrected chi connectivity index (χ3v) is 2.15. The van der Waals surface area contributed by atoms with Crippen LogP contribution in [0.15, 0.2) is 40.1 Å². The highest BCUT2D eigenvalue weighted by atomic mass is 16.8. The molecule has 1 N–H and O–H groups in total. The zero-order valence-corrected chi connectivity index (χ0v) is 8.49. The molecule has 0 atom stereocenters. The summed E-state index contributed by atoms with van der Waals surface area (Å²) in [5.41, 5.74) is 1.33. The summed E-state index contributed by atoms with van der Waals surface area (Å²) in [6.07, 6.45) is 0. The Kier molecular flexibility index (Phi) is 2.55. The normalized spacial score (nSPS) is 11.7. The standard InChI is InChI=1S/C10H9N3O3/c1-7(11-14)10-9(12-16-13(10)15)8-5-3-2-4-6-8/h2-6,14H,1H3/b11-7+. The predicted molar refractivity (Wildman–Crippen MR) is 54.9 cm³/mol. The monoisotopic (exact) mass is 219 g/mol. The molecule has 0 fully saturated rings. The van der Waals surface area contributed by atoms with Crippen molar-refractivity contribution in [2.75, 3.05) is 0 Å². The first-order valence-corrected chi connectivity index (χ1v) is 4.58. The third-order valence-electron chi connectivity index (χ3n) is 2.15. The zero-order chi connectivity index (χ0) is 11.5. The lowest BCUT2D eigenvalue weighted by atomic mass is 10.1. The van der Waals surface area contributed by atoms with E-state index in [-0.39, 0.29) is 16.3 Å². The number of hydrogen-bond acceptors (Lipinski definition) is 5. The van der Waals surface area contributed by atoms with Crippen LogP contribution in [0.3, 0.4) is 0 Å². The van der Waals surface area contributed by atoms with Crippen molar-refractivity contribution < 1.29 is 14.7 Å². The highest BCUT2D eigenvalue weighted by Crippen LogP contribution is 2.19. The van der Waals surface area contributed by atoms with Crippen molar-refractivity contribution >= 4 is 5.71 Å². The van der Waals surface area contributed by atoms with E-state index in [4.69, 9.17) is 5.21 Å². The molecule has 0 saturated heterocycles. The molecule has 0 radical (unpaired) electrons. The molecule has 6 nitrogen and oxygen atoms in total. The van der Waals surface area contributed by atoms with Crippen LogP contribution >= 0.6 is 0 Å². The Hall–Kier alpha value is -2.37. The number of hydrogen-bond donors (Lipinski definition) is 1. The van der Waals surface area contributed by atoms with Crippen LogP contribution < -0.4 is 4.90 Å². The number of rotatable bonds is 2. The molecule has 1 aromatic carbocycles. The molecule has 0 spiro atoms. The molecule has 0 aliphatic heterocycles. The highest BCUT2D eigenvalue weighted by Gasteiger charge is 2.23. The summed E-state index contributed by atoms with van der Waals surface area (Å²) in [4.78, 5) is 0.220. The lowest BCUT2D eigenvalue weighted by Crippen LogP contribution is -2.30. The average molecular weight is 219 g/mol. The molecule has 0 amide bonds. The lowest BCUT2D eigenvalue weighted by molar-refractivity contribution is -0.803. The Balaban J connectivity index is 2.59. The van der Waals surface area contributed by atoms with Crippen LogP contribution in [0.4, 0.5) is 0 Å². The van der Waals surface area contributed by atoms with Crippen molar-refractivity contribution in [1.29, 1.82) is 0 Å². The number of nitrogens with zero attached hydrogens (tertiary/aromatic N) is 3. The number of aromatic nitrogens is 2. The van der Waals surface area contributed by atoms with Gasteiger partial charge in [0.05, 0.1) is 0 Å². The molecule has 1 aromatic heterocycles. The van der Waals surface area contributed by atoms with Crippen LogP contribution in [0.5, 0.6) is 0 Å². The molecule has 1 heterocycles. The van der Waals surface area contributed by atoms with Crippen LogP contribution in [-0.2, 0) is 0 Å². The van der Waals surface area contributed by atoms with Gasteiger partial charge in [0.25, 0.3) is 11.4 Å². The Morgan fingerprint density at radius 2 is 2.12 bits per heavy atom. The number of oxime groups is 1. The molecule has 0 unspecified atom stereocenters. The summed E-state index contributed by atoms with van der Waals surface area (Å²) in [6.45, 7) is 1.49. The van der Waals surface area contributed by atoms with Gasteiger partial charge in [0, 0.05) is 10.7 Å². The van der Waals surface area contributed by atoms with Crippen molar-refractivity contribution in [2.24, 2.45) is 5.16 Å². The average Bonchev–Trinajstić information content (AvgIpc) is 2.71. The summed E-state index contributed by atoms with van der Waals surface area (Å²) >= 11 is 0. The van der Waals surface area contributed by atoms with Crippen LogP contribution in [0.2, 0.25) is 0 Å². The van der Waals surface area contributed by atoms with Gasteiger partial charge in [-0.3, -0.25) is 4.63 Å². The van der Waals surface area contributed by atoms with E-state index < -0.39 is 0 Å².